The van der Waals surface area contributed by atoms with Gasteiger partial charge in [0.15, 0.2) is 5.82 Å². The average Bonchev–Trinajstić information content (AvgIpc) is 2.12. The Hall–Kier alpha value is -2.05. The predicted octanol–water partition coefficient (Wildman–Crippen LogP) is -1.04. The van der Waals surface area contributed by atoms with Crippen molar-refractivity contribution in [1.82, 2.24) is 14.6 Å². The van der Waals surface area contributed by atoms with Crippen LogP contribution in [-0.2, 0) is 0 Å². The second-order valence-electron chi connectivity index (χ2n) is 3.66. The Labute approximate surface area is 92.6 Å². The van der Waals surface area contributed by atoms with Crippen LogP contribution in [0, 0.1) is 0 Å². The highest BCUT2D eigenvalue weighted by Gasteiger charge is 2.05. The first-order chi connectivity index (χ1) is 7.41. The zero-order chi connectivity index (χ0) is 12.3. The summed E-state index contributed by atoms with van der Waals surface area (Å²) >= 11 is 0. The maximum atomic E-state index is 11.5. The van der Waals surface area contributed by atoms with E-state index in [9.17, 15) is 9.59 Å². The number of H-pyrrole nitrogens is 1. The van der Waals surface area contributed by atoms with Crippen molar-refractivity contribution in [2.45, 2.75) is 0 Å². The molecule has 0 spiro atoms. The highest BCUT2D eigenvalue weighted by atomic mass is 16.2. The van der Waals surface area contributed by atoms with Gasteiger partial charge in [-0.05, 0) is 0 Å². The summed E-state index contributed by atoms with van der Waals surface area (Å²) in [6, 6.07) is 1.27. The van der Waals surface area contributed by atoms with Gasteiger partial charge in [-0.25, -0.2) is 9.79 Å². The van der Waals surface area contributed by atoms with Crippen molar-refractivity contribution in [2.75, 3.05) is 33.2 Å². The highest BCUT2D eigenvalue weighted by molar-refractivity contribution is 5.59. The minimum absolute atomic E-state index is 0.285. The van der Waals surface area contributed by atoms with Crippen molar-refractivity contribution in [2.24, 2.45) is 4.99 Å². The smallest absolute Gasteiger partial charge is 0.349 e. The van der Waals surface area contributed by atoms with Crippen LogP contribution in [0.25, 0.3) is 0 Å². The molecule has 1 N–H and O–H groups in total. The molecule has 0 radical (unpaired) electrons. The number of aromatic nitrogens is 2. The molecule has 16 heavy (non-hydrogen) atoms. The number of nitrogens with one attached hydrogen (secondary N) is 1. The molecule has 0 aromatic carbocycles. The van der Waals surface area contributed by atoms with E-state index >= 15 is 0 Å². The van der Waals surface area contributed by atoms with Crippen LogP contribution >= 0.6 is 0 Å². The Morgan fingerprint density at radius 3 is 2.44 bits per heavy atom. The summed E-state index contributed by atoms with van der Waals surface area (Å²) in [4.78, 5) is 30.6. The molecule has 7 heteroatoms. The highest BCUT2D eigenvalue weighted by Crippen LogP contribution is 2.03. The van der Waals surface area contributed by atoms with Crippen molar-refractivity contribution >= 4 is 12.2 Å². The molecule has 1 heterocycles. The molecule has 0 fully saturated rings. The molecule has 1 rings (SSSR count). The van der Waals surface area contributed by atoms with E-state index in [1.165, 1.54) is 17.1 Å². The Bertz CT molecular complexity index is 497. The van der Waals surface area contributed by atoms with E-state index in [0.29, 0.717) is 0 Å². The predicted molar refractivity (Wildman–Crippen MR) is 63.2 cm³/mol. The molecule has 0 saturated carbocycles. The van der Waals surface area contributed by atoms with Crippen LogP contribution in [0.3, 0.4) is 0 Å². The van der Waals surface area contributed by atoms with E-state index in [1.54, 1.807) is 38.1 Å². The summed E-state index contributed by atoms with van der Waals surface area (Å²) in [7, 11) is 6.98. The lowest BCUT2D eigenvalue weighted by molar-refractivity contribution is 0.637. The first-order valence-electron chi connectivity index (χ1n) is 4.66. The number of hydrogen-bond donors (Lipinski definition) is 1. The van der Waals surface area contributed by atoms with E-state index in [0.717, 1.165) is 0 Å². The van der Waals surface area contributed by atoms with Crippen LogP contribution in [0.4, 0.5) is 5.82 Å². The molecule has 0 unspecified atom stereocenters. The van der Waals surface area contributed by atoms with Crippen LogP contribution < -0.4 is 16.3 Å². The molecule has 7 nitrogen and oxygen atoms in total. The lowest BCUT2D eigenvalue weighted by atomic mass is 10.6. The van der Waals surface area contributed by atoms with Gasteiger partial charge in [-0.1, -0.05) is 0 Å². The quantitative estimate of drug-likeness (QED) is 0.526. The summed E-state index contributed by atoms with van der Waals surface area (Å²) < 4.78 is 1.27. The van der Waals surface area contributed by atoms with Crippen LogP contribution in [0.15, 0.2) is 20.6 Å². The first kappa shape index (κ1) is 12.0. The van der Waals surface area contributed by atoms with Gasteiger partial charge in [0.2, 0.25) is 0 Å². The van der Waals surface area contributed by atoms with Gasteiger partial charge in [0.25, 0.3) is 5.56 Å². The van der Waals surface area contributed by atoms with Gasteiger partial charge in [0.05, 0.1) is 6.34 Å². The molecule has 0 aliphatic rings. The fourth-order valence-electron chi connectivity index (χ4n) is 1.13. The summed E-state index contributed by atoms with van der Waals surface area (Å²) in [6.07, 6.45) is 1.52. The molecule has 88 valence electrons. The Kier molecular flexibility index (Phi) is 3.49. The molecule has 0 amide bonds. The first-order valence-corrected chi connectivity index (χ1v) is 4.66. The third-order valence-corrected chi connectivity index (χ3v) is 1.72. The molecule has 0 saturated heterocycles. The number of aliphatic imine (C=N–C) groups is 1. The zero-order valence-electron chi connectivity index (χ0n) is 9.76. The van der Waals surface area contributed by atoms with Gasteiger partial charge in [-0.2, -0.15) is 4.68 Å². The van der Waals surface area contributed by atoms with Crippen LogP contribution in [0.2, 0.25) is 0 Å². The number of nitrogens with zero attached hydrogens (tertiary/aromatic N) is 4. The van der Waals surface area contributed by atoms with Crippen molar-refractivity contribution in [3.05, 3.63) is 26.9 Å². The van der Waals surface area contributed by atoms with E-state index < -0.39 is 11.2 Å². The van der Waals surface area contributed by atoms with Gasteiger partial charge in [-0.15, -0.1) is 0 Å². The molecule has 1 aromatic heterocycles. The molecule has 0 aliphatic heterocycles. The van der Waals surface area contributed by atoms with Crippen molar-refractivity contribution in [3.63, 3.8) is 0 Å². The summed E-state index contributed by atoms with van der Waals surface area (Å²) in [5.41, 5.74) is -0.975. The lowest BCUT2D eigenvalue weighted by Gasteiger charge is -2.17. The fourth-order valence-corrected chi connectivity index (χ4v) is 1.13. The zero-order valence-corrected chi connectivity index (χ0v) is 9.76. The van der Waals surface area contributed by atoms with Crippen LogP contribution in [0.5, 0.6) is 0 Å². The largest absolute Gasteiger partial charge is 0.369 e. The topological polar surface area (TPSA) is 73.7 Å². The summed E-state index contributed by atoms with van der Waals surface area (Å²) in [5, 5.41) is 1.54. The lowest BCUT2D eigenvalue weighted by Crippen LogP contribution is -2.40. The van der Waals surface area contributed by atoms with Gasteiger partial charge in [0, 0.05) is 34.3 Å². The van der Waals surface area contributed by atoms with Crippen LogP contribution in [-0.4, -0.2) is 49.1 Å². The maximum Gasteiger partial charge on any atom is 0.349 e. The van der Waals surface area contributed by atoms with E-state index in [1.807, 2.05) is 0 Å². The van der Waals surface area contributed by atoms with Crippen LogP contribution in [0.1, 0.15) is 0 Å². The van der Waals surface area contributed by atoms with E-state index in [2.05, 4.69) is 9.98 Å². The standard InChI is InChI=1S/C9H15N5O2/c1-12(2)6-10-7-5-8(15)11-9(16)14(7)13(3)4/h5-6H,1-4H3,(H,11,15,16)/b10-6+. The van der Waals surface area contributed by atoms with Crippen molar-refractivity contribution in [3.8, 4) is 0 Å². The van der Waals surface area contributed by atoms with E-state index in [4.69, 9.17) is 0 Å². The molecule has 0 atom stereocenters. The molecular formula is C9H15N5O2. The molecular weight excluding hydrogens is 210 g/mol. The normalized spacial score (nSPS) is 10.8. The third kappa shape index (κ3) is 2.72. The molecule has 0 aliphatic carbocycles. The minimum atomic E-state index is -0.511. The van der Waals surface area contributed by atoms with Crippen molar-refractivity contribution < 1.29 is 0 Å². The number of aromatic amines is 1. The Morgan fingerprint density at radius 1 is 1.31 bits per heavy atom. The van der Waals surface area contributed by atoms with Gasteiger partial charge < -0.3 is 9.91 Å². The second-order valence-corrected chi connectivity index (χ2v) is 3.66. The van der Waals surface area contributed by atoms with Gasteiger partial charge in [0.1, 0.15) is 0 Å². The van der Waals surface area contributed by atoms with Crippen molar-refractivity contribution in [1.29, 1.82) is 0 Å². The maximum absolute atomic E-state index is 11.5. The Morgan fingerprint density at radius 2 is 1.94 bits per heavy atom. The summed E-state index contributed by atoms with van der Waals surface area (Å²) in [5.74, 6) is 0.285. The second kappa shape index (κ2) is 4.65. The SMILES string of the molecule is CN(C)/C=N/c1cc(=O)[nH]c(=O)n1N(C)C. The number of rotatable bonds is 3. The van der Waals surface area contributed by atoms with E-state index in [-0.39, 0.29) is 5.82 Å². The molecule has 0 bridgehead atoms. The van der Waals surface area contributed by atoms with Gasteiger partial charge in [-0.3, -0.25) is 9.78 Å². The fraction of sp³-hybridized carbons (Fsp3) is 0.444. The van der Waals surface area contributed by atoms with Gasteiger partial charge >= 0.3 is 5.69 Å². The average molecular weight is 225 g/mol. The monoisotopic (exact) mass is 225 g/mol. The third-order valence-electron chi connectivity index (χ3n) is 1.72. The molecule has 1 aromatic rings. The number of hydrogen-bond acceptors (Lipinski definition) is 4. The Balaban J connectivity index is 3.36. The summed E-state index contributed by atoms with van der Waals surface area (Å²) in [6.45, 7) is 0. The minimum Gasteiger partial charge on any atom is -0.369 e.